The quantitative estimate of drug-likeness (QED) is 0.620. The molecule has 144 valence electrons. The van der Waals surface area contributed by atoms with Crippen LogP contribution in [0.15, 0.2) is 24.3 Å². The molecule has 9 heteroatoms. The monoisotopic (exact) mass is 375 g/mol. The smallest absolute Gasteiger partial charge is 0.310 e. The highest BCUT2D eigenvalue weighted by Gasteiger charge is 2.56. The number of carboxylic acid groups (broad SMARTS) is 1. The number of fused-ring (bicyclic) bond motifs is 2. The van der Waals surface area contributed by atoms with Crippen molar-refractivity contribution in [2.75, 3.05) is 31.1 Å². The first-order valence-corrected chi connectivity index (χ1v) is 9.12. The molecule has 4 atom stereocenters. The number of aliphatic carboxylic acids is 1. The van der Waals surface area contributed by atoms with Crippen LogP contribution < -0.4 is 4.90 Å². The lowest BCUT2D eigenvalue weighted by atomic mass is 9.78. The van der Waals surface area contributed by atoms with Crippen molar-refractivity contribution in [1.29, 1.82) is 0 Å². The molecule has 27 heavy (non-hydrogen) atoms. The van der Waals surface area contributed by atoms with E-state index in [1.807, 2.05) is 0 Å². The summed E-state index contributed by atoms with van der Waals surface area (Å²) in [5.74, 6) is -2.42. The number of amides is 1. The molecule has 2 bridgehead atoms. The first-order chi connectivity index (χ1) is 13.0. The molecule has 4 rings (SSSR count). The molecule has 0 saturated carbocycles. The number of anilines is 1. The van der Waals surface area contributed by atoms with Gasteiger partial charge >= 0.3 is 5.97 Å². The van der Waals surface area contributed by atoms with E-state index in [9.17, 15) is 24.8 Å². The van der Waals surface area contributed by atoms with E-state index in [4.69, 9.17) is 4.74 Å². The largest absolute Gasteiger partial charge is 0.481 e. The second-order valence-corrected chi connectivity index (χ2v) is 7.27. The molecule has 0 unspecified atom stereocenters. The number of hydrogen-bond donors (Lipinski definition) is 1. The van der Waals surface area contributed by atoms with E-state index in [0.29, 0.717) is 32.6 Å². The van der Waals surface area contributed by atoms with Gasteiger partial charge in [0.1, 0.15) is 0 Å². The van der Waals surface area contributed by atoms with Crippen LogP contribution in [0.1, 0.15) is 12.8 Å². The highest BCUT2D eigenvalue weighted by molar-refractivity contribution is 5.86. The minimum atomic E-state index is -0.954. The number of carboxylic acids is 1. The molecule has 3 heterocycles. The normalized spacial score (nSPS) is 29.8. The zero-order valence-electron chi connectivity index (χ0n) is 14.7. The van der Waals surface area contributed by atoms with Crippen LogP contribution in [0, 0.1) is 22.0 Å². The van der Waals surface area contributed by atoms with Crippen LogP contribution in [0.5, 0.6) is 0 Å². The number of nitro groups is 1. The van der Waals surface area contributed by atoms with Crippen LogP contribution in [0.4, 0.5) is 11.4 Å². The Bertz CT molecular complexity index is 759. The minimum absolute atomic E-state index is 0.0450. The van der Waals surface area contributed by atoms with Gasteiger partial charge in [-0.2, -0.15) is 0 Å². The third kappa shape index (κ3) is 3.12. The summed E-state index contributed by atoms with van der Waals surface area (Å²) in [6, 6.07) is 6.35. The third-order valence-electron chi connectivity index (χ3n) is 5.86. The average Bonchev–Trinajstić information content (AvgIpc) is 3.29. The number of ether oxygens (including phenoxy) is 1. The molecule has 3 aliphatic heterocycles. The van der Waals surface area contributed by atoms with E-state index < -0.39 is 22.7 Å². The van der Waals surface area contributed by atoms with Gasteiger partial charge in [-0.25, -0.2) is 0 Å². The molecule has 3 fully saturated rings. The molecule has 1 amide bonds. The lowest BCUT2D eigenvalue weighted by molar-refractivity contribution is -0.384. The molecule has 0 aromatic heterocycles. The van der Waals surface area contributed by atoms with Crippen molar-refractivity contribution < 1.29 is 24.4 Å². The van der Waals surface area contributed by atoms with Crippen LogP contribution in [-0.2, 0) is 14.3 Å². The van der Waals surface area contributed by atoms with Gasteiger partial charge in [-0.3, -0.25) is 19.7 Å². The number of benzene rings is 1. The molecule has 3 aliphatic rings. The predicted molar refractivity (Wildman–Crippen MR) is 94.4 cm³/mol. The first-order valence-electron chi connectivity index (χ1n) is 9.12. The van der Waals surface area contributed by atoms with E-state index in [1.54, 1.807) is 17.0 Å². The van der Waals surface area contributed by atoms with Gasteiger partial charge in [0, 0.05) is 44.0 Å². The summed E-state index contributed by atoms with van der Waals surface area (Å²) < 4.78 is 5.70. The molecule has 0 aliphatic carbocycles. The molecular formula is C18H21N3O6. The van der Waals surface area contributed by atoms with Crippen molar-refractivity contribution >= 4 is 23.3 Å². The molecular weight excluding hydrogens is 354 g/mol. The van der Waals surface area contributed by atoms with E-state index in [2.05, 4.69) is 4.90 Å². The topological polar surface area (TPSA) is 113 Å². The van der Waals surface area contributed by atoms with Gasteiger partial charge < -0.3 is 19.6 Å². The van der Waals surface area contributed by atoms with Gasteiger partial charge in [-0.05, 0) is 25.0 Å². The standard InChI is InChI=1S/C18H21N3O6/c22-17(15-13-5-6-14(27-13)16(15)18(23)24)20-9-7-19(8-10-20)11-1-3-12(4-2-11)21(25)26/h1-4,13-16H,5-10H2,(H,23,24)/t13-,14-,15+,16-/m1/s1. The van der Waals surface area contributed by atoms with E-state index in [0.717, 1.165) is 12.1 Å². The Balaban J connectivity index is 1.39. The molecule has 1 aromatic rings. The SMILES string of the molecule is O=C(O)[C@H]1[C@@H](C(=O)N2CCN(c3ccc([N+](=O)[O-])cc3)CC2)[C@H]2CC[C@H]1O2. The summed E-state index contributed by atoms with van der Waals surface area (Å²) in [4.78, 5) is 38.7. The van der Waals surface area contributed by atoms with Crippen LogP contribution >= 0.6 is 0 Å². The number of nitrogens with zero attached hydrogens (tertiary/aromatic N) is 3. The fraction of sp³-hybridized carbons (Fsp3) is 0.556. The molecule has 9 nitrogen and oxygen atoms in total. The first kappa shape index (κ1) is 17.7. The second-order valence-electron chi connectivity index (χ2n) is 7.27. The lowest BCUT2D eigenvalue weighted by Gasteiger charge is -2.38. The van der Waals surface area contributed by atoms with Crippen molar-refractivity contribution in [2.45, 2.75) is 25.0 Å². The van der Waals surface area contributed by atoms with Crippen molar-refractivity contribution in [1.82, 2.24) is 4.90 Å². The highest BCUT2D eigenvalue weighted by atomic mass is 16.6. The Kier molecular flexibility index (Phi) is 4.47. The fourth-order valence-electron chi connectivity index (χ4n) is 4.49. The maximum absolute atomic E-state index is 13.0. The number of carbonyl (C=O) groups excluding carboxylic acids is 1. The summed E-state index contributed by atoms with van der Waals surface area (Å²) >= 11 is 0. The molecule has 0 radical (unpaired) electrons. The van der Waals surface area contributed by atoms with Gasteiger partial charge in [0.05, 0.1) is 29.0 Å². The number of nitro benzene ring substituents is 1. The van der Waals surface area contributed by atoms with Crippen molar-refractivity contribution in [2.24, 2.45) is 11.8 Å². The van der Waals surface area contributed by atoms with Gasteiger partial charge in [0.15, 0.2) is 0 Å². The van der Waals surface area contributed by atoms with Gasteiger partial charge in [-0.15, -0.1) is 0 Å². The third-order valence-corrected chi connectivity index (χ3v) is 5.86. The maximum Gasteiger partial charge on any atom is 0.310 e. The zero-order chi connectivity index (χ0) is 19.1. The summed E-state index contributed by atoms with van der Waals surface area (Å²) in [6.45, 7) is 2.19. The maximum atomic E-state index is 13.0. The number of non-ortho nitro benzene ring substituents is 1. The predicted octanol–water partition coefficient (Wildman–Crippen LogP) is 1.12. The fourth-order valence-corrected chi connectivity index (χ4v) is 4.49. The number of rotatable bonds is 4. The second kappa shape index (κ2) is 6.80. The average molecular weight is 375 g/mol. The number of hydrogen-bond acceptors (Lipinski definition) is 6. The van der Waals surface area contributed by atoms with Crippen molar-refractivity contribution in [3.05, 3.63) is 34.4 Å². The van der Waals surface area contributed by atoms with Crippen LogP contribution in [0.2, 0.25) is 0 Å². The molecule has 0 spiro atoms. The highest BCUT2D eigenvalue weighted by Crippen LogP contribution is 2.44. The summed E-state index contributed by atoms with van der Waals surface area (Å²) in [6.07, 6.45) is 0.826. The van der Waals surface area contributed by atoms with Gasteiger partial charge in [0.2, 0.25) is 5.91 Å². The van der Waals surface area contributed by atoms with Crippen molar-refractivity contribution in [3.8, 4) is 0 Å². The Hall–Kier alpha value is -2.68. The van der Waals surface area contributed by atoms with E-state index in [1.165, 1.54) is 12.1 Å². The Morgan fingerprint density at radius 1 is 1.04 bits per heavy atom. The Morgan fingerprint density at radius 3 is 2.19 bits per heavy atom. The zero-order valence-corrected chi connectivity index (χ0v) is 14.7. The van der Waals surface area contributed by atoms with Gasteiger partial charge in [-0.1, -0.05) is 0 Å². The van der Waals surface area contributed by atoms with Crippen LogP contribution in [-0.4, -0.2) is 65.2 Å². The van der Waals surface area contributed by atoms with E-state index >= 15 is 0 Å². The van der Waals surface area contributed by atoms with Crippen LogP contribution in [0.3, 0.4) is 0 Å². The summed E-state index contributed by atoms with van der Waals surface area (Å²) in [7, 11) is 0. The number of piperazine rings is 1. The Labute approximate surface area is 155 Å². The summed E-state index contributed by atoms with van der Waals surface area (Å²) in [5, 5.41) is 20.3. The molecule has 3 saturated heterocycles. The lowest BCUT2D eigenvalue weighted by Crippen LogP contribution is -2.53. The molecule has 1 aromatic carbocycles. The van der Waals surface area contributed by atoms with Crippen molar-refractivity contribution in [3.63, 3.8) is 0 Å². The minimum Gasteiger partial charge on any atom is -0.481 e. The number of carbonyl (C=O) groups is 2. The van der Waals surface area contributed by atoms with Gasteiger partial charge in [0.25, 0.3) is 5.69 Å². The molecule has 1 N–H and O–H groups in total. The Morgan fingerprint density at radius 2 is 1.63 bits per heavy atom. The summed E-state index contributed by atoms with van der Waals surface area (Å²) in [5.41, 5.74) is 0.919. The van der Waals surface area contributed by atoms with Crippen LogP contribution in [0.25, 0.3) is 0 Å². The van der Waals surface area contributed by atoms with E-state index in [-0.39, 0.29) is 23.8 Å².